The minimum atomic E-state index is 1.06. The van der Waals surface area contributed by atoms with Gasteiger partial charge in [-0.1, -0.05) is 117 Å². The summed E-state index contributed by atoms with van der Waals surface area (Å²) in [4.78, 5) is 0. The van der Waals surface area contributed by atoms with Gasteiger partial charge < -0.3 is 0 Å². The van der Waals surface area contributed by atoms with E-state index >= 15 is 0 Å². The van der Waals surface area contributed by atoms with E-state index in [-0.39, 0.29) is 0 Å². The molecular weight excluding hydrogens is 396 g/mol. The highest BCUT2D eigenvalue weighted by Crippen LogP contribution is 2.50. The van der Waals surface area contributed by atoms with Crippen LogP contribution in [0.25, 0.3) is 0 Å². The highest BCUT2D eigenvalue weighted by atomic mass is 14.4. The Hall–Kier alpha value is 0. The summed E-state index contributed by atoms with van der Waals surface area (Å²) in [6.45, 7) is 4.82. The fraction of sp³-hybridized carbons (Fsp3) is 1.00. The van der Waals surface area contributed by atoms with Gasteiger partial charge in [-0.3, -0.25) is 0 Å². The second-order valence-corrected chi connectivity index (χ2v) is 13.6. The number of rotatable bonds is 7. The standard InChI is InChI=1S/C33H60/c1-3-5-9-13-27-18-19-28-15-10-7-6-8-11-16-30(25-33(28)23-27)32-21-20-31(24-32)29-17-12-14-26(4-2)22-29/h26-33H,3-25H2,1-2H3. The lowest BCUT2D eigenvalue weighted by Gasteiger charge is -2.39. The van der Waals surface area contributed by atoms with Crippen LogP contribution in [0, 0.1) is 47.3 Å². The van der Waals surface area contributed by atoms with Crippen LogP contribution >= 0.6 is 0 Å². The molecule has 0 radical (unpaired) electrons. The second kappa shape index (κ2) is 13.9. The summed E-state index contributed by atoms with van der Waals surface area (Å²) in [6.07, 6.45) is 35.6. The van der Waals surface area contributed by atoms with Crippen molar-refractivity contribution in [3.8, 4) is 0 Å². The van der Waals surface area contributed by atoms with Crippen molar-refractivity contribution in [3.63, 3.8) is 0 Å². The Morgan fingerprint density at radius 3 is 1.76 bits per heavy atom. The molecule has 0 bridgehead atoms. The first-order valence-electron chi connectivity index (χ1n) is 16.3. The first-order chi connectivity index (χ1) is 16.3. The van der Waals surface area contributed by atoms with Crippen LogP contribution in [0.15, 0.2) is 0 Å². The Morgan fingerprint density at radius 2 is 1.00 bits per heavy atom. The summed E-state index contributed by atoms with van der Waals surface area (Å²) >= 11 is 0. The van der Waals surface area contributed by atoms with Gasteiger partial charge in [0.2, 0.25) is 0 Å². The molecule has 0 aromatic rings. The summed E-state index contributed by atoms with van der Waals surface area (Å²) in [5, 5.41) is 0. The van der Waals surface area contributed by atoms with Crippen LogP contribution in [-0.4, -0.2) is 0 Å². The van der Waals surface area contributed by atoms with Crippen molar-refractivity contribution in [2.45, 2.75) is 162 Å². The number of fused-ring (bicyclic) bond motifs is 1. The predicted molar refractivity (Wildman–Crippen MR) is 145 cm³/mol. The van der Waals surface area contributed by atoms with Crippen molar-refractivity contribution in [3.05, 3.63) is 0 Å². The van der Waals surface area contributed by atoms with E-state index in [0.717, 1.165) is 47.3 Å². The molecule has 0 heteroatoms. The third kappa shape index (κ3) is 7.74. The van der Waals surface area contributed by atoms with E-state index in [0.29, 0.717) is 0 Å². The lowest BCUT2D eigenvalue weighted by atomic mass is 9.66. The van der Waals surface area contributed by atoms with Crippen molar-refractivity contribution in [1.29, 1.82) is 0 Å². The van der Waals surface area contributed by atoms with Gasteiger partial charge in [-0.05, 0) is 92.3 Å². The number of hydrogen-bond donors (Lipinski definition) is 0. The van der Waals surface area contributed by atoms with Gasteiger partial charge in [-0.15, -0.1) is 0 Å². The molecule has 4 fully saturated rings. The summed E-state index contributed by atoms with van der Waals surface area (Å²) in [7, 11) is 0. The summed E-state index contributed by atoms with van der Waals surface area (Å²) in [6, 6.07) is 0. The first kappa shape index (κ1) is 26.1. The third-order valence-electron chi connectivity index (χ3n) is 11.5. The number of unbranched alkanes of at least 4 members (excludes halogenated alkanes) is 2. The molecule has 0 aromatic heterocycles. The molecule has 0 heterocycles. The fourth-order valence-corrected chi connectivity index (χ4v) is 9.36. The Kier molecular flexibility index (Phi) is 11.0. The summed E-state index contributed by atoms with van der Waals surface area (Å²) in [5.41, 5.74) is 0. The topological polar surface area (TPSA) is 0 Å². The highest BCUT2D eigenvalue weighted by Gasteiger charge is 2.39. The van der Waals surface area contributed by atoms with Gasteiger partial charge in [0.1, 0.15) is 0 Å². The lowest BCUT2D eigenvalue weighted by Crippen LogP contribution is -2.29. The molecule has 0 spiro atoms. The van der Waals surface area contributed by atoms with Crippen molar-refractivity contribution in [2.75, 3.05) is 0 Å². The molecule has 0 nitrogen and oxygen atoms in total. The molecule has 4 aliphatic rings. The predicted octanol–water partition coefficient (Wildman–Crippen LogP) is 11.0. The monoisotopic (exact) mass is 456 g/mol. The van der Waals surface area contributed by atoms with Crippen LogP contribution in [0.2, 0.25) is 0 Å². The Bertz CT molecular complexity index is 522. The van der Waals surface area contributed by atoms with E-state index < -0.39 is 0 Å². The van der Waals surface area contributed by atoms with Crippen LogP contribution < -0.4 is 0 Å². The normalized spacial score (nSPS) is 41.3. The van der Waals surface area contributed by atoms with E-state index in [1.54, 1.807) is 83.5 Å². The molecule has 192 valence electrons. The fourth-order valence-electron chi connectivity index (χ4n) is 9.36. The van der Waals surface area contributed by atoms with Crippen molar-refractivity contribution < 1.29 is 0 Å². The average Bonchev–Trinajstić information content (AvgIpc) is 3.32. The summed E-state index contributed by atoms with van der Waals surface area (Å²) < 4.78 is 0. The Balaban J connectivity index is 1.36. The zero-order valence-electron chi connectivity index (χ0n) is 22.9. The van der Waals surface area contributed by atoms with Crippen LogP contribution in [0.5, 0.6) is 0 Å². The molecule has 0 saturated heterocycles. The van der Waals surface area contributed by atoms with Gasteiger partial charge >= 0.3 is 0 Å². The van der Waals surface area contributed by atoms with E-state index in [1.807, 2.05) is 0 Å². The lowest BCUT2D eigenvalue weighted by molar-refractivity contribution is 0.113. The molecule has 0 aromatic carbocycles. The zero-order chi connectivity index (χ0) is 22.9. The van der Waals surface area contributed by atoms with Crippen molar-refractivity contribution in [1.82, 2.24) is 0 Å². The maximum absolute atomic E-state index is 2.45. The highest BCUT2D eigenvalue weighted by molar-refractivity contribution is 4.90. The smallest absolute Gasteiger partial charge is 0.0380 e. The number of hydrogen-bond acceptors (Lipinski definition) is 0. The quantitative estimate of drug-likeness (QED) is 0.334. The zero-order valence-corrected chi connectivity index (χ0v) is 22.9. The van der Waals surface area contributed by atoms with E-state index in [1.165, 1.54) is 64.2 Å². The van der Waals surface area contributed by atoms with Crippen molar-refractivity contribution >= 4 is 0 Å². The summed E-state index contributed by atoms with van der Waals surface area (Å²) in [5.74, 6) is 8.70. The molecular formula is C33H60. The molecule has 4 rings (SSSR count). The SMILES string of the molecule is CCCCCC1CCC2CCCCCCCC(C3CCC(C4CCCC(CC)C4)C3)CC2C1. The molecule has 8 unspecified atom stereocenters. The molecule has 4 aliphatic carbocycles. The maximum atomic E-state index is 2.45. The minimum absolute atomic E-state index is 1.06. The molecule has 0 amide bonds. The third-order valence-corrected chi connectivity index (χ3v) is 11.5. The van der Waals surface area contributed by atoms with Crippen LogP contribution in [0.1, 0.15) is 162 Å². The average molecular weight is 457 g/mol. The van der Waals surface area contributed by atoms with Gasteiger partial charge in [-0.2, -0.15) is 0 Å². The van der Waals surface area contributed by atoms with Gasteiger partial charge in [0.25, 0.3) is 0 Å². The van der Waals surface area contributed by atoms with E-state index in [9.17, 15) is 0 Å². The van der Waals surface area contributed by atoms with Crippen LogP contribution in [0.4, 0.5) is 0 Å². The first-order valence-corrected chi connectivity index (χ1v) is 16.3. The molecule has 0 aliphatic heterocycles. The van der Waals surface area contributed by atoms with Gasteiger partial charge in [0, 0.05) is 0 Å². The Morgan fingerprint density at radius 1 is 0.424 bits per heavy atom. The second-order valence-electron chi connectivity index (χ2n) is 13.6. The molecule has 33 heavy (non-hydrogen) atoms. The van der Waals surface area contributed by atoms with E-state index in [2.05, 4.69) is 13.8 Å². The van der Waals surface area contributed by atoms with Gasteiger partial charge in [0.15, 0.2) is 0 Å². The largest absolute Gasteiger partial charge is 0.0654 e. The van der Waals surface area contributed by atoms with Crippen molar-refractivity contribution in [2.24, 2.45) is 47.3 Å². The molecule has 8 atom stereocenters. The maximum Gasteiger partial charge on any atom is -0.0380 e. The van der Waals surface area contributed by atoms with Gasteiger partial charge in [0.05, 0.1) is 0 Å². The molecule has 4 saturated carbocycles. The van der Waals surface area contributed by atoms with Crippen LogP contribution in [-0.2, 0) is 0 Å². The van der Waals surface area contributed by atoms with E-state index in [4.69, 9.17) is 0 Å². The Labute approximate surface area is 208 Å². The van der Waals surface area contributed by atoms with Gasteiger partial charge in [-0.25, -0.2) is 0 Å². The van der Waals surface area contributed by atoms with Crippen LogP contribution in [0.3, 0.4) is 0 Å². The molecule has 0 N–H and O–H groups in total. The minimum Gasteiger partial charge on any atom is -0.0654 e.